The fourth-order valence-electron chi connectivity index (χ4n) is 1.51. The van der Waals surface area contributed by atoms with E-state index in [1.165, 1.54) is 23.1 Å². The third-order valence-electron chi connectivity index (χ3n) is 2.65. The number of anilines is 1. The number of imide groups is 1. The molecule has 1 heterocycles. The number of hydrogen-bond donors (Lipinski definition) is 3. The average Bonchev–Trinajstić information content (AvgIpc) is 3.03. The van der Waals surface area contributed by atoms with E-state index in [9.17, 15) is 9.59 Å². The summed E-state index contributed by atoms with van der Waals surface area (Å²) in [5.41, 5.74) is 4.98. The van der Waals surface area contributed by atoms with Gasteiger partial charge in [0.25, 0.3) is 0 Å². The number of hydrogen-bond acceptors (Lipinski definition) is 7. The minimum Gasteiger partial charge on any atom is -0.357 e. The first-order valence-electron chi connectivity index (χ1n) is 6.32. The van der Waals surface area contributed by atoms with Crippen LogP contribution in [0.2, 0.25) is 0 Å². The average molecular weight is 315 g/mol. The zero-order chi connectivity index (χ0) is 14.7. The van der Waals surface area contributed by atoms with Crippen molar-refractivity contribution in [2.75, 3.05) is 5.32 Å². The van der Waals surface area contributed by atoms with E-state index in [4.69, 9.17) is 5.73 Å². The van der Waals surface area contributed by atoms with Gasteiger partial charge in [0, 0.05) is 6.04 Å². The number of nitrogens with two attached hydrogens (primary N) is 1. The van der Waals surface area contributed by atoms with Crippen molar-refractivity contribution in [1.29, 1.82) is 0 Å². The van der Waals surface area contributed by atoms with Crippen LogP contribution in [0.15, 0.2) is 4.34 Å². The van der Waals surface area contributed by atoms with E-state index in [0.29, 0.717) is 10.4 Å². The Balaban J connectivity index is 1.97. The molecule has 2 rings (SSSR count). The molecule has 0 radical (unpaired) electrons. The van der Waals surface area contributed by atoms with Gasteiger partial charge in [-0.3, -0.25) is 10.1 Å². The smallest absolute Gasteiger partial charge is 0.318 e. The third kappa shape index (κ3) is 4.34. The quantitative estimate of drug-likeness (QED) is 0.685. The van der Waals surface area contributed by atoms with Crippen LogP contribution in [0.4, 0.5) is 9.93 Å². The van der Waals surface area contributed by atoms with Gasteiger partial charge in [0.05, 0.1) is 5.25 Å². The molecule has 9 heteroatoms. The molecule has 20 heavy (non-hydrogen) atoms. The number of amides is 3. The zero-order valence-corrected chi connectivity index (χ0v) is 12.9. The van der Waals surface area contributed by atoms with Crippen LogP contribution < -0.4 is 16.4 Å². The third-order valence-corrected chi connectivity index (χ3v) is 5.13. The molecule has 0 aromatic carbocycles. The molecule has 0 spiro atoms. The number of nitrogens with one attached hydrogen (secondary N) is 2. The second-order valence-electron chi connectivity index (χ2n) is 4.93. The van der Waals surface area contributed by atoms with E-state index in [2.05, 4.69) is 20.8 Å². The standard InChI is InChI=1S/C11H17N5O2S2/c1-5(2)7(8(17)14-9(12)18)19-11-16-15-10(20-11)13-6-3-4-6/h5-7H,3-4H2,1-2H3,(H,13,15)(H3,12,14,17,18)/t7-/m0/s1. The van der Waals surface area contributed by atoms with Gasteiger partial charge in [-0.05, 0) is 18.8 Å². The van der Waals surface area contributed by atoms with Crippen LogP contribution in [0.25, 0.3) is 0 Å². The summed E-state index contributed by atoms with van der Waals surface area (Å²) in [4.78, 5) is 22.7. The van der Waals surface area contributed by atoms with E-state index in [-0.39, 0.29) is 5.92 Å². The molecule has 0 aliphatic heterocycles. The number of aromatic nitrogens is 2. The first-order chi connectivity index (χ1) is 9.45. The molecule has 1 aliphatic rings. The number of nitrogens with zero attached hydrogens (tertiary/aromatic N) is 2. The van der Waals surface area contributed by atoms with Gasteiger partial charge in [-0.1, -0.05) is 36.9 Å². The lowest BCUT2D eigenvalue weighted by Crippen LogP contribution is -2.42. The summed E-state index contributed by atoms with van der Waals surface area (Å²) in [7, 11) is 0. The second-order valence-corrected chi connectivity index (χ2v) is 7.29. The molecular weight excluding hydrogens is 298 g/mol. The molecule has 0 saturated heterocycles. The number of thioether (sulfide) groups is 1. The number of urea groups is 1. The number of rotatable bonds is 6. The molecule has 1 aliphatic carbocycles. The maximum atomic E-state index is 11.9. The van der Waals surface area contributed by atoms with Crippen LogP contribution in [0.1, 0.15) is 26.7 Å². The monoisotopic (exact) mass is 315 g/mol. The van der Waals surface area contributed by atoms with Crippen LogP contribution in [0, 0.1) is 5.92 Å². The van der Waals surface area contributed by atoms with E-state index >= 15 is 0 Å². The maximum absolute atomic E-state index is 11.9. The van der Waals surface area contributed by atoms with Crippen molar-refractivity contribution in [2.45, 2.75) is 42.3 Å². The van der Waals surface area contributed by atoms with Crippen molar-refractivity contribution in [3.8, 4) is 0 Å². The topological polar surface area (TPSA) is 110 Å². The fourth-order valence-corrected chi connectivity index (χ4v) is 3.55. The Labute approximate surface area is 125 Å². The Morgan fingerprint density at radius 3 is 2.65 bits per heavy atom. The maximum Gasteiger partial charge on any atom is 0.318 e. The molecule has 1 saturated carbocycles. The van der Waals surface area contributed by atoms with Gasteiger partial charge in [0.15, 0.2) is 4.34 Å². The van der Waals surface area contributed by atoms with Crippen molar-refractivity contribution in [2.24, 2.45) is 11.7 Å². The highest BCUT2D eigenvalue weighted by Crippen LogP contribution is 2.34. The highest BCUT2D eigenvalue weighted by molar-refractivity contribution is 8.02. The van der Waals surface area contributed by atoms with E-state index in [1.54, 1.807) is 0 Å². The van der Waals surface area contributed by atoms with Gasteiger partial charge < -0.3 is 11.1 Å². The first-order valence-corrected chi connectivity index (χ1v) is 8.02. The largest absolute Gasteiger partial charge is 0.357 e. The van der Waals surface area contributed by atoms with Gasteiger partial charge in [0.2, 0.25) is 11.0 Å². The van der Waals surface area contributed by atoms with Crippen LogP contribution in [0.5, 0.6) is 0 Å². The Morgan fingerprint density at radius 2 is 2.10 bits per heavy atom. The lowest BCUT2D eigenvalue weighted by molar-refractivity contribution is -0.120. The SMILES string of the molecule is CC(C)[C@H](Sc1nnc(NC2CC2)s1)C(=O)NC(N)=O. The van der Waals surface area contributed by atoms with Crippen molar-refractivity contribution in [1.82, 2.24) is 15.5 Å². The summed E-state index contributed by atoms with van der Waals surface area (Å²) >= 11 is 2.72. The summed E-state index contributed by atoms with van der Waals surface area (Å²) in [6.45, 7) is 3.81. The van der Waals surface area contributed by atoms with Gasteiger partial charge in [-0.2, -0.15) is 0 Å². The fraction of sp³-hybridized carbons (Fsp3) is 0.636. The Kier molecular flexibility index (Phi) is 4.81. The van der Waals surface area contributed by atoms with Crippen molar-refractivity contribution >= 4 is 40.2 Å². The summed E-state index contributed by atoms with van der Waals surface area (Å²) < 4.78 is 0.700. The summed E-state index contributed by atoms with van der Waals surface area (Å²) in [5, 5.41) is 13.8. The number of carbonyl (C=O) groups is 2. The van der Waals surface area contributed by atoms with Gasteiger partial charge in [0.1, 0.15) is 0 Å². The van der Waals surface area contributed by atoms with E-state index in [0.717, 1.165) is 18.0 Å². The molecule has 4 N–H and O–H groups in total. The lowest BCUT2D eigenvalue weighted by atomic mass is 10.1. The Morgan fingerprint density at radius 1 is 1.40 bits per heavy atom. The van der Waals surface area contributed by atoms with Crippen LogP contribution in [0.3, 0.4) is 0 Å². The highest BCUT2D eigenvalue weighted by atomic mass is 32.2. The summed E-state index contributed by atoms with van der Waals surface area (Å²) in [5.74, 6) is -0.354. The second kappa shape index (κ2) is 6.40. The number of primary amides is 1. The minimum absolute atomic E-state index is 0.0445. The van der Waals surface area contributed by atoms with Crippen LogP contribution in [-0.4, -0.2) is 33.4 Å². The van der Waals surface area contributed by atoms with E-state index in [1.807, 2.05) is 13.8 Å². The number of carbonyl (C=O) groups excluding carboxylic acids is 2. The Bertz CT molecular complexity index is 501. The lowest BCUT2D eigenvalue weighted by Gasteiger charge is -2.16. The van der Waals surface area contributed by atoms with Crippen molar-refractivity contribution < 1.29 is 9.59 Å². The normalized spacial score (nSPS) is 15.9. The van der Waals surface area contributed by atoms with E-state index < -0.39 is 17.2 Å². The Hall–Kier alpha value is -1.35. The molecule has 1 aromatic heterocycles. The van der Waals surface area contributed by atoms with Crippen molar-refractivity contribution in [3.63, 3.8) is 0 Å². The molecule has 110 valence electrons. The molecule has 0 bridgehead atoms. The highest BCUT2D eigenvalue weighted by Gasteiger charge is 2.27. The molecule has 3 amide bonds. The molecule has 1 aromatic rings. The zero-order valence-electron chi connectivity index (χ0n) is 11.3. The molecule has 1 atom stereocenters. The predicted octanol–water partition coefficient (Wildman–Crippen LogP) is 1.42. The summed E-state index contributed by atoms with van der Waals surface area (Å²) in [6.07, 6.45) is 2.33. The van der Waals surface area contributed by atoms with Crippen LogP contribution >= 0.6 is 23.1 Å². The van der Waals surface area contributed by atoms with Gasteiger partial charge in [-0.25, -0.2) is 4.79 Å². The molecule has 1 fully saturated rings. The molecular formula is C11H17N5O2S2. The van der Waals surface area contributed by atoms with Gasteiger partial charge in [-0.15, -0.1) is 10.2 Å². The minimum atomic E-state index is -0.838. The molecule has 0 unspecified atom stereocenters. The molecule has 7 nitrogen and oxygen atoms in total. The summed E-state index contributed by atoms with van der Waals surface area (Å²) in [6, 6.07) is -0.325. The van der Waals surface area contributed by atoms with Gasteiger partial charge >= 0.3 is 6.03 Å². The van der Waals surface area contributed by atoms with Crippen molar-refractivity contribution in [3.05, 3.63) is 0 Å². The van der Waals surface area contributed by atoms with Crippen LogP contribution in [-0.2, 0) is 4.79 Å². The predicted molar refractivity (Wildman–Crippen MR) is 78.8 cm³/mol. The first kappa shape index (κ1) is 15.0.